The first kappa shape index (κ1) is 13.6. The van der Waals surface area contributed by atoms with Crippen molar-refractivity contribution in [2.75, 3.05) is 13.1 Å². The lowest BCUT2D eigenvalue weighted by atomic mass is 10.1. The molecular formula is C14H21N3O3. The first-order valence-electron chi connectivity index (χ1n) is 7.33. The highest BCUT2D eigenvalue weighted by atomic mass is 16.5. The third-order valence-corrected chi connectivity index (χ3v) is 4.32. The molecule has 0 aromatic carbocycles. The molecule has 110 valence electrons. The number of hydrogen-bond donors (Lipinski definition) is 2. The van der Waals surface area contributed by atoms with Crippen LogP contribution in [0.5, 0.6) is 0 Å². The number of nitrogens with zero attached hydrogens (tertiary/aromatic N) is 2. The highest BCUT2D eigenvalue weighted by Crippen LogP contribution is 2.27. The summed E-state index contributed by atoms with van der Waals surface area (Å²) in [5.41, 5.74) is 0.661. The van der Waals surface area contributed by atoms with E-state index in [1.165, 1.54) is 6.26 Å². The Bertz CT molecular complexity index is 449. The van der Waals surface area contributed by atoms with Gasteiger partial charge in [-0.2, -0.15) is 0 Å². The SMILES string of the molecule is O=C(Cc1ccon1)N[C@@H]1CCC[C@@H]1N1CCC(O)C1. The van der Waals surface area contributed by atoms with Crippen LogP contribution >= 0.6 is 0 Å². The van der Waals surface area contributed by atoms with Crippen molar-refractivity contribution in [1.82, 2.24) is 15.4 Å². The van der Waals surface area contributed by atoms with E-state index in [4.69, 9.17) is 4.52 Å². The lowest BCUT2D eigenvalue weighted by molar-refractivity contribution is -0.121. The van der Waals surface area contributed by atoms with Gasteiger partial charge in [0.25, 0.3) is 0 Å². The molecule has 6 heteroatoms. The molecule has 1 unspecified atom stereocenters. The van der Waals surface area contributed by atoms with Crippen LogP contribution in [0.3, 0.4) is 0 Å². The van der Waals surface area contributed by atoms with Crippen LogP contribution in [0.2, 0.25) is 0 Å². The zero-order valence-electron chi connectivity index (χ0n) is 11.5. The minimum Gasteiger partial charge on any atom is -0.392 e. The maximum absolute atomic E-state index is 12.0. The predicted molar refractivity (Wildman–Crippen MR) is 72.0 cm³/mol. The van der Waals surface area contributed by atoms with Crippen molar-refractivity contribution in [1.29, 1.82) is 0 Å². The first-order chi connectivity index (χ1) is 9.72. The van der Waals surface area contributed by atoms with E-state index in [0.29, 0.717) is 11.7 Å². The van der Waals surface area contributed by atoms with Gasteiger partial charge in [0.2, 0.25) is 5.91 Å². The fraction of sp³-hybridized carbons (Fsp3) is 0.714. The normalized spacial score (nSPS) is 30.8. The molecule has 2 N–H and O–H groups in total. The van der Waals surface area contributed by atoms with Crippen LogP contribution in [0.4, 0.5) is 0 Å². The van der Waals surface area contributed by atoms with Crippen molar-refractivity contribution in [2.24, 2.45) is 0 Å². The Labute approximate surface area is 118 Å². The molecule has 6 nitrogen and oxygen atoms in total. The Morgan fingerprint density at radius 2 is 2.40 bits per heavy atom. The number of β-amino-alcohol motifs (C(OH)–C–C–N with tert-alkyl or cyclic N) is 1. The minimum atomic E-state index is -0.206. The summed E-state index contributed by atoms with van der Waals surface area (Å²) >= 11 is 0. The number of aliphatic hydroxyl groups excluding tert-OH is 1. The molecule has 1 saturated heterocycles. The van der Waals surface area contributed by atoms with Gasteiger partial charge in [-0.05, 0) is 25.7 Å². The summed E-state index contributed by atoms with van der Waals surface area (Å²) in [6.07, 6.45) is 5.63. The van der Waals surface area contributed by atoms with E-state index in [9.17, 15) is 9.90 Å². The van der Waals surface area contributed by atoms with Crippen LogP contribution in [0.15, 0.2) is 16.9 Å². The van der Waals surface area contributed by atoms with Crippen molar-refractivity contribution < 1.29 is 14.4 Å². The number of aromatic nitrogens is 1. The fourth-order valence-electron chi connectivity index (χ4n) is 3.37. The summed E-state index contributed by atoms with van der Waals surface area (Å²) in [5.74, 6) is -0.00412. The van der Waals surface area contributed by atoms with E-state index in [-0.39, 0.29) is 24.5 Å². The average Bonchev–Trinajstić information content (AvgIpc) is 3.11. The third kappa shape index (κ3) is 3.02. The second kappa shape index (κ2) is 5.93. The standard InChI is InChI=1S/C14H21N3O3/c18-11-4-6-17(9-11)13-3-1-2-12(13)15-14(19)8-10-5-7-20-16-10/h5,7,11-13,18H,1-4,6,8-9H2,(H,15,19)/t11?,12-,13+/m1/s1. The summed E-state index contributed by atoms with van der Waals surface area (Å²) in [6, 6.07) is 2.27. The topological polar surface area (TPSA) is 78.6 Å². The number of amides is 1. The van der Waals surface area contributed by atoms with Crippen LogP contribution in [0, 0.1) is 0 Å². The highest BCUT2D eigenvalue weighted by Gasteiger charge is 2.36. The van der Waals surface area contributed by atoms with Crippen LogP contribution < -0.4 is 5.32 Å². The van der Waals surface area contributed by atoms with Gasteiger partial charge in [-0.1, -0.05) is 5.16 Å². The Kier molecular flexibility index (Phi) is 4.03. The largest absolute Gasteiger partial charge is 0.392 e. The maximum atomic E-state index is 12.0. The predicted octanol–water partition coefficient (Wildman–Crippen LogP) is 0.321. The molecule has 2 fully saturated rings. The Morgan fingerprint density at radius 3 is 3.10 bits per heavy atom. The first-order valence-corrected chi connectivity index (χ1v) is 7.33. The number of rotatable bonds is 4. The maximum Gasteiger partial charge on any atom is 0.226 e. The minimum absolute atomic E-state index is 0.00412. The van der Waals surface area contributed by atoms with E-state index in [2.05, 4.69) is 15.4 Å². The van der Waals surface area contributed by atoms with Crippen LogP contribution in [0.25, 0.3) is 0 Å². The zero-order valence-corrected chi connectivity index (χ0v) is 11.5. The molecule has 20 heavy (non-hydrogen) atoms. The van der Waals surface area contributed by atoms with Crippen molar-refractivity contribution in [2.45, 2.75) is 50.3 Å². The molecule has 0 bridgehead atoms. The number of carbonyl (C=O) groups is 1. The van der Waals surface area contributed by atoms with Gasteiger partial charge in [-0.3, -0.25) is 9.69 Å². The molecule has 3 rings (SSSR count). The average molecular weight is 279 g/mol. The van der Waals surface area contributed by atoms with E-state index in [0.717, 1.165) is 38.8 Å². The summed E-state index contributed by atoms with van der Waals surface area (Å²) in [7, 11) is 0. The number of hydrogen-bond acceptors (Lipinski definition) is 5. The summed E-state index contributed by atoms with van der Waals surface area (Å²) in [4.78, 5) is 14.3. The van der Waals surface area contributed by atoms with Gasteiger partial charge in [-0.25, -0.2) is 0 Å². The molecule has 1 aromatic rings. The molecule has 1 saturated carbocycles. The van der Waals surface area contributed by atoms with Gasteiger partial charge >= 0.3 is 0 Å². The van der Waals surface area contributed by atoms with E-state index in [1.54, 1.807) is 6.07 Å². The second-order valence-corrected chi connectivity index (χ2v) is 5.78. The van der Waals surface area contributed by atoms with Gasteiger partial charge in [-0.15, -0.1) is 0 Å². The van der Waals surface area contributed by atoms with E-state index in [1.807, 2.05) is 0 Å². The van der Waals surface area contributed by atoms with Gasteiger partial charge in [0, 0.05) is 31.2 Å². The molecule has 1 aliphatic heterocycles. The third-order valence-electron chi connectivity index (χ3n) is 4.32. The molecule has 2 aliphatic rings. The van der Waals surface area contributed by atoms with Gasteiger partial charge < -0.3 is 14.9 Å². The molecule has 0 radical (unpaired) electrons. The van der Waals surface area contributed by atoms with Crippen molar-refractivity contribution >= 4 is 5.91 Å². The molecule has 2 heterocycles. The molecule has 3 atom stereocenters. The lowest BCUT2D eigenvalue weighted by Crippen LogP contribution is -2.48. The number of likely N-dealkylation sites (tertiary alicyclic amines) is 1. The Balaban J connectivity index is 1.54. The molecule has 1 aromatic heterocycles. The monoisotopic (exact) mass is 279 g/mol. The van der Waals surface area contributed by atoms with Crippen molar-refractivity contribution in [3.8, 4) is 0 Å². The van der Waals surface area contributed by atoms with E-state index >= 15 is 0 Å². The summed E-state index contributed by atoms with van der Waals surface area (Å²) < 4.78 is 4.73. The fourth-order valence-corrected chi connectivity index (χ4v) is 3.37. The van der Waals surface area contributed by atoms with Crippen LogP contribution in [-0.4, -0.2) is 52.3 Å². The number of aliphatic hydroxyl groups is 1. The van der Waals surface area contributed by atoms with Crippen LogP contribution in [0.1, 0.15) is 31.4 Å². The summed E-state index contributed by atoms with van der Waals surface area (Å²) in [5, 5.41) is 16.5. The molecule has 0 spiro atoms. The van der Waals surface area contributed by atoms with Crippen LogP contribution in [-0.2, 0) is 11.2 Å². The molecule has 1 aliphatic carbocycles. The molecule has 1 amide bonds. The van der Waals surface area contributed by atoms with Gasteiger partial charge in [0.15, 0.2) is 0 Å². The number of carbonyl (C=O) groups excluding carboxylic acids is 1. The second-order valence-electron chi connectivity index (χ2n) is 5.78. The zero-order chi connectivity index (χ0) is 13.9. The quantitative estimate of drug-likeness (QED) is 0.830. The van der Waals surface area contributed by atoms with Crippen molar-refractivity contribution in [3.05, 3.63) is 18.0 Å². The number of nitrogens with one attached hydrogen (secondary N) is 1. The highest BCUT2D eigenvalue weighted by molar-refractivity contribution is 5.78. The van der Waals surface area contributed by atoms with Crippen molar-refractivity contribution in [3.63, 3.8) is 0 Å². The Morgan fingerprint density at radius 1 is 1.50 bits per heavy atom. The van der Waals surface area contributed by atoms with Gasteiger partial charge in [0.05, 0.1) is 18.2 Å². The Hall–Kier alpha value is -1.40. The van der Waals surface area contributed by atoms with E-state index < -0.39 is 0 Å². The molecular weight excluding hydrogens is 258 g/mol. The lowest BCUT2D eigenvalue weighted by Gasteiger charge is -2.29. The van der Waals surface area contributed by atoms with Gasteiger partial charge in [0.1, 0.15) is 6.26 Å². The summed E-state index contributed by atoms with van der Waals surface area (Å²) in [6.45, 7) is 1.67. The smallest absolute Gasteiger partial charge is 0.226 e.